The van der Waals surface area contributed by atoms with Crippen LogP contribution in [-0.2, 0) is 9.59 Å². The van der Waals surface area contributed by atoms with Crippen LogP contribution < -0.4 is 10.2 Å². The molecule has 4 aromatic rings. The number of fused-ring (bicyclic) bond motifs is 3. The first-order valence-electron chi connectivity index (χ1n) is 10.1. The van der Waals surface area contributed by atoms with Gasteiger partial charge in [-0.25, -0.2) is 0 Å². The summed E-state index contributed by atoms with van der Waals surface area (Å²) in [5, 5.41) is 5.02. The number of carbonyl (C=O) groups excluding carboxylic acids is 2. The van der Waals surface area contributed by atoms with Gasteiger partial charge in [-0.1, -0.05) is 24.3 Å². The van der Waals surface area contributed by atoms with Crippen molar-refractivity contribution in [1.29, 1.82) is 0 Å². The second kappa shape index (κ2) is 7.02. The highest BCUT2D eigenvalue weighted by molar-refractivity contribution is 6.07. The van der Waals surface area contributed by atoms with Gasteiger partial charge < -0.3 is 14.6 Å². The predicted octanol–water partition coefficient (Wildman–Crippen LogP) is 5.19. The third-order valence-electron chi connectivity index (χ3n) is 5.66. The molecule has 3 aromatic carbocycles. The Morgan fingerprint density at radius 3 is 2.50 bits per heavy atom. The topological polar surface area (TPSA) is 62.6 Å². The molecule has 0 aliphatic carbocycles. The predicted molar refractivity (Wildman–Crippen MR) is 119 cm³/mol. The van der Waals surface area contributed by atoms with Gasteiger partial charge in [0.1, 0.15) is 11.2 Å². The van der Waals surface area contributed by atoms with E-state index in [1.165, 1.54) is 0 Å². The Bertz CT molecular complexity index is 1280. The molecule has 1 saturated heterocycles. The standard InChI is InChI=1S/C25H22N2O3/c1-15-9-16(2)11-19(10-15)27-14-17(12-24(27)28)25(29)26-18-7-8-21-20-5-3-4-6-22(20)30-23(21)13-18/h3-11,13,17H,12,14H2,1-2H3,(H,26,29)/t17-/m1/s1. The molecule has 1 aliphatic rings. The molecule has 0 bridgehead atoms. The maximum atomic E-state index is 12.9. The highest BCUT2D eigenvalue weighted by atomic mass is 16.3. The summed E-state index contributed by atoms with van der Waals surface area (Å²) < 4.78 is 5.90. The number of nitrogens with zero attached hydrogens (tertiary/aromatic N) is 1. The fraction of sp³-hybridized carbons (Fsp3) is 0.200. The number of hydrogen-bond donors (Lipinski definition) is 1. The Labute approximate surface area is 174 Å². The number of para-hydroxylation sites is 1. The van der Waals surface area contributed by atoms with Gasteiger partial charge in [-0.05, 0) is 55.3 Å². The van der Waals surface area contributed by atoms with Crippen LogP contribution in [0.3, 0.4) is 0 Å². The lowest BCUT2D eigenvalue weighted by atomic mass is 10.1. The molecule has 0 saturated carbocycles. The molecule has 2 heterocycles. The minimum absolute atomic E-state index is 0.0205. The molecule has 1 aliphatic heterocycles. The van der Waals surface area contributed by atoms with Gasteiger partial charge in [0.2, 0.25) is 11.8 Å². The van der Waals surface area contributed by atoms with E-state index in [4.69, 9.17) is 4.42 Å². The van der Waals surface area contributed by atoms with Gasteiger partial charge in [0.15, 0.2) is 0 Å². The molecule has 0 radical (unpaired) electrons. The zero-order valence-corrected chi connectivity index (χ0v) is 16.9. The van der Waals surface area contributed by atoms with E-state index in [2.05, 4.69) is 11.4 Å². The Kier molecular flexibility index (Phi) is 4.31. The second-order valence-corrected chi connectivity index (χ2v) is 8.05. The first-order chi connectivity index (χ1) is 14.5. The molecule has 2 amide bonds. The van der Waals surface area contributed by atoms with Gasteiger partial charge in [-0.2, -0.15) is 0 Å². The van der Waals surface area contributed by atoms with Gasteiger partial charge in [0.05, 0.1) is 5.92 Å². The summed E-state index contributed by atoms with van der Waals surface area (Å²) in [5.41, 5.74) is 5.28. The molecule has 1 aromatic heterocycles. The van der Waals surface area contributed by atoms with E-state index >= 15 is 0 Å². The van der Waals surface area contributed by atoms with Crippen molar-refractivity contribution in [1.82, 2.24) is 0 Å². The molecule has 0 spiro atoms. The smallest absolute Gasteiger partial charge is 0.229 e. The van der Waals surface area contributed by atoms with Crippen molar-refractivity contribution >= 4 is 45.1 Å². The molecule has 5 nitrogen and oxygen atoms in total. The number of amides is 2. The summed E-state index contributed by atoms with van der Waals surface area (Å²) in [7, 11) is 0. The van der Waals surface area contributed by atoms with Crippen molar-refractivity contribution in [2.45, 2.75) is 20.3 Å². The molecule has 1 fully saturated rings. The number of nitrogens with one attached hydrogen (secondary N) is 1. The number of aryl methyl sites for hydroxylation is 2. The molecule has 5 rings (SSSR count). The van der Waals surface area contributed by atoms with E-state index in [0.29, 0.717) is 12.2 Å². The van der Waals surface area contributed by atoms with Crippen LogP contribution in [0.1, 0.15) is 17.5 Å². The van der Waals surface area contributed by atoms with Crippen molar-refractivity contribution in [3.63, 3.8) is 0 Å². The normalized spacial score (nSPS) is 16.5. The van der Waals surface area contributed by atoms with Crippen molar-refractivity contribution in [2.24, 2.45) is 5.92 Å². The molecule has 1 N–H and O–H groups in total. The summed E-state index contributed by atoms with van der Waals surface area (Å²) in [4.78, 5) is 27.1. The van der Waals surface area contributed by atoms with Crippen molar-refractivity contribution in [3.05, 3.63) is 71.8 Å². The average Bonchev–Trinajstić information content (AvgIpc) is 3.27. The lowest BCUT2D eigenvalue weighted by molar-refractivity contribution is -0.122. The van der Waals surface area contributed by atoms with E-state index < -0.39 is 0 Å². The van der Waals surface area contributed by atoms with E-state index in [0.717, 1.165) is 38.8 Å². The summed E-state index contributed by atoms with van der Waals surface area (Å²) >= 11 is 0. The lowest BCUT2D eigenvalue weighted by Crippen LogP contribution is -2.28. The largest absolute Gasteiger partial charge is 0.456 e. The van der Waals surface area contributed by atoms with E-state index in [1.807, 2.05) is 68.4 Å². The first-order valence-corrected chi connectivity index (χ1v) is 10.1. The van der Waals surface area contributed by atoms with Crippen LogP contribution in [0, 0.1) is 19.8 Å². The van der Waals surface area contributed by atoms with E-state index in [-0.39, 0.29) is 24.2 Å². The Morgan fingerprint density at radius 1 is 0.967 bits per heavy atom. The summed E-state index contributed by atoms with van der Waals surface area (Å²) in [6, 6.07) is 19.6. The van der Waals surface area contributed by atoms with Crippen LogP contribution in [0.15, 0.2) is 65.1 Å². The summed E-state index contributed by atoms with van der Waals surface area (Å²) in [5.74, 6) is -0.553. The van der Waals surface area contributed by atoms with Gasteiger partial charge >= 0.3 is 0 Å². The zero-order valence-electron chi connectivity index (χ0n) is 16.9. The van der Waals surface area contributed by atoms with Gasteiger partial charge in [0, 0.05) is 41.2 Å². The van der Waals surface area contributed by atoms with E-state index in [9.17, 15) is 9.59 Å². The van der Waals surface area contributed by atoms with Crippen LogP contribution in [0.4, 0.5) is 11.4 Å². The molecule has 5 heteroatoms. The van der Waals surface area contributed by atoms with Gasteiger partial charge in [0.25, 0.3) is 0 Å². The van der Waals surface area contributed by atoms with Crippen LogP contribution >= 0.6 is 0 Å². The fourth-order valence-corrected chi connectivity index (χ4v) is 4.29. The van der Waals surface area contributed by atoms with Crippen LogP contribution in [0.2, 0.25) is 0 Å². The monoisotopic (exact) mass is 398 g/mol. The number of furan rings is 1. The Balaban J connectivity index is 1.35. The van der Waals surface area contributed by atoms with Gasteiger partial charge in [-0.3, -0.25) is 9.59 Å². The highest BCUT2D eigenvalue weighted by Crippen LogP contribution is 2.31. The lowest BCUT2D eigenvalue weighted by Gasteiger charge is -2.18. The third kappa shape index (κ3) is 3.22. The summed E-state index contributed by atoms with van der Waals surface area (Å²) in [6.07, 6.45) is 0.214. The van der Waals surface area contributed by atoms with Gasteiger partial charge in [-0.15, -0.1) is 0 Å². The van der Waals surface area contributed by atoms with Crippen molar-refractivity contribution in [2.75, 3.05) is 16.8 Å². The van der Waals surface area contributed by atoms with Crippen molar-refractivity contribution in [3.8, 4) is 0 Å². The maximum absolute atomic E-state index is 12.9. The van der Waals surface area contributed by atoms with Crippen LogP contribution in [0.5, 0.6) is 0 Å². The number of rotatable bonds is 3. The fourth-order valence-electron chi connectivity index (χ4n) is 4.29. The maximum Gasteiger partial charge on any atom is 0.229 e. The SMILES string of the molecule is Cc1cc(C)cc(N2C[C@H](C(=O)Nc3ccc4c(c3)oc3ccccc34)CC2=O)c1. The minimum atomic E-state index is -0.385. The van der Waals surface area contributed by atoms with Crippen LogP contribution in [0.25, 0.3) is 21.9 Å². The molecule has 30 heavy (non-hydrogen) atoms. The molecular weight excluding hydrogens is 376 g/mol. The van der Waals surface area contributed by atoms with Crippen molar-refractivity contribution < 1.29 is 14.0 Å². The summed E-state index contributed by atoms with van der Waals surface area (Å²) in [6.45, 7) is 4.41. The number of hydrogen-bond acceptors (Lipinski definition) is 3. The molecule has 150 valence electrons. The average molecular weight is 398 g/mol. The third-order valence-corrected chi connectivity index (χ3v) is 5.66. The second-order valence-electron chi connectivity index (χ2n) is 8.05. The van der Waals surface area contributed by atoms with Crippen LogP contribution in [-0.4, -0.2) is 18.4 Å². The number of anilines is 2. The quantitative estimate of drug-likeness (QED) is 0.516. The molecular formula is C25H22N2O3. The Morgan fingerprint density at radius 2 is 1.70 bits per heavy atom. The number of benzene rings is 3. The number of carbonyl (C=O) groups is 2. The molecule has 1 atom stereocenters. The highest BCUT2D eigenvalue weighted by Gasteiger charge is 2.35. The first kappa shape index (κ1) is 18.4. The Hall–Kier alpha value is -3.60. The zero-order chi connectivity index (χ0) is 20.8. The minimum Gasteiger partial charge on any atom is -0.456 e. The molecule has 0 unspecified atom stereocenters. The van der Waals surface area contributed by atoms with E-state index in [1.54, 1.807) is 4.90 Å².